The first-order chi connectivity index (χ1) is 13.5. The fraction of sp³-hybridized carbons (Fsp3) is 0.150. The molecule has 0 fully saturated rings. The summed E-state index contributed by atoms with van der Waals surface area (Å²) in [4.78, 5) is 16.7. The van der Waals surface area contributed by atoms with Gasteiger partial charge in [-0.25, -0.2) is 18.9 Å². The van der Waals surface area contributed by atoms with Crippen LogP contribution in [0.2, 0.25) is 0 Å². The van der Waals surface area contributed by atoms with E-state index >= 15 is 0 Å². The Balaban J connectivity index is 1.82. The Morgan fingerprint density at radius 1 is 1.11 bits per heavy atom. The highest BCUT2D eigenvalue weighted by molar-refractivity contribution is 5.97. The van der Waals surface area contributed by atoms with Crippen LogP contribution in [-0.4, -0.2) is 19.7 Å². The molecule has 1 aliphatic heterocycles. The minimum atomic E-state index is -0.522. The van der Waals surface area contributed by atoms with Gasteiger partial charge in [0.25, 0.3) is 5.56 Å². The van der Waals surface area contributed by atoms with Crippen LogP contribution in [0.5, 0.6) is 0 Å². The Morgan fingerprint density at radius 3 is 2.61 bits per heavy atom. The molecular weight excluding hydrogens is 364 g/mol. The molecule has 140 valence electrons. The zero-order valence-corrected chi connectivity index (χ0v) is 14.8. The molecule has 8 heteroatoms. The third kappa shape index (κ3) is 2.41. The van der Waals surface area contributed by atoms with Gasteiger partial charge in [-0.3, -0.25) is 4.79 Å². The summed E-state index contributed by atoms with van der Waals surface area (Å²) in [5.74, 6) is -0.518. The van der Waals surface area contributed by atoms with E-state index in [9.17, 15) is 13.6 Å². The second-order valence-corrected chi connectivity index (χ2v) is 6.86. The molecule has 1 aliphatic rings. The lowest BCUT2D eigenvalue weighted by Crippen LogP contribution is -2.29. The van der Waals surface area contributed by atoms with Crippen LogP contribution < -0.4 is 10.9 Å². The number of benzene rings is 2. The maximum absolute atomic E-state index is 14.2. The lowest BCUT2D eigenvalue weighted by Gasteiger charge is -2.34. The van der Waals surface area contributed by atoms with Gasteiger partial charge in [0.15, 0.2) is 0 Å². The largest absolute Gasteiger partial charge is 0.376 e. The Hall–Kier alpha value is -3.55. The molecule has 3 heterocycles. The first-order valence-corrected chi connectivity index (χ1v) is 8.74. The average Bonchev–Trinajstić information content (AvgIpc) is 3.10. The van der Waals surface area contributed by atoms with E-state index in [1.54, 1.807) is 18.3 Å². The Morgan fingerprint density at radius 2 is 1.89 bits per heavy atom. The number of hydrogen-bond donors (Lipinski definition) is 2. The summed E-state index contributed by atoms with van der Waals surface area (Å²) >= 11 is 0. The van der Waals surface area contributed by atoms with Gasteiger partial charge in [-0.15, -0.1) is 0 Å². The second kappa shape index (κ2) is 5.98. The molecule has 4 aromatic rings. The summed E-state index contributed by atoms with van der Waals surface area (Å²) in [6.45, 7) is 0. The summed E-state index contributed by atoms with van der Waals surface area (Å²) < 4.78 is 29.5. The molecule has 0 saturated heterocycles. The molecule has 0 spiro atoms. The first kappa shape index (κ1) is 16.6. The van der Waals surface area contributed by atoms with Crippen LogP contribution >= 0.6 is 0 Å². The van der Waals surface area contributed by atoms with E-state index in [2.05, 4.69) is 20.5 Å². The molecular formula is C20H15F2N5O. The molecule has 0 aliphatic carbocycles. The third-order valence-electron chi connectivity index (χ3n) is 5.19. The number of aromatic amines is 1. The molecule has 0 amide bonds. The maximum Gasteiger partial charge on any atom is 0.272 e. The van der Waals surface area contributed by atoms with Crippen LogP contribution in [0.25, 0.3) is 10.8 Å². The van der Waals surface area contributed by atoms with Crippen molar-refractivity contribution in [1.29, 1.82) is 0 Å². The summed E-state index contributed by atoms with van der Waals surface area (Å²) in [5.41, 5.74) is 1.40. The maximum atomic E-state index is 14.2. The monoisotopic (exact) mass is 379 g/mol. The molecule has 2 N–H and O–H groups in total. The van der Waals surface area contributed by atoms with Crippen molar-refractivity contribution in [2.75, 3.05) is 5.32 Å². The highest BCUT2D eigenvalue weighted by Crippen LogP contribution is 2.45. The first-order valence-electron chi connectivity index (χ1n) is 8.74. The van der Waals surface area contributed by atoms with Gasteiger partial charge in [0.2, 0.25) is 0 Å². The topological polar surface area (TPSA) is 75.6 Å². The lowest BCUT2D eigenvalue weighted by atomic mass is 9.83. The molecule has 2 atom stereocenters. The van der Waals surface area contributed by atoms with Gasteiger partial charge in [0.1, 0.15) is 17.5 Å². The van der Waals surface area contributed by atoms with Crippen LogP contribution in [0.3, 0.4) is 0 Å². The zero-order valence-electron chi connectivity index (χ0n) is 14.8. The summed E-state index contributed by atoms with van der Waals surface area (Å²) in [6, 6.07) is 8.28. The average molecular weight is 379 g/mol. The van der Waals surface area contributed by atoms with E-state index in [1.807, 2.05) is 17.8 Å². The van der Waals surface area contributed by atoms with Crippen molar-refractivity contribution in [3.05, 3.63) is 87.9 Å². The van der Waals surface area contributed by atoms with Crippen LogP contribution in [0.1, 0.15) is 29.0 Å². The van der Waals surface area contributed by atoms with Gasteiger partial charge in [-0.2, -0.15) is 5.10 Å². The highest BCUT2D eigenvalue weighted by Gasteiger charge is 2.37. The van der Waals surface area contributed by atoms with Crippen molar-refractivity contribution < 1.29 is 8.78 Å². The van der Waals surface area contributed by atoms with Gasteiger partial charge in [-0.05, 0) is 29.8 Å². The predicted molar refractivity (Wildman–Crippen MR) is 100 cm³/mol. The van der Waals surface area contributed by atoms with E-state index in [1.165, 1.54) is 24.3 Å². The van der Waals surface area contributed by atoms with E-state index in [4.69, 9.17) is 0 Å². The lowest BCUT2D eigenvalue weighted by molar-refractivity contribution is 0.578. The molecule has 28 heavy (non-hydrogen) atoms. The standard InChI is InChI=1S/C20H15F2N5O/c1-27-7-6-23-19(27)16-17(10-2-4-11(21)5-3-10)24-14-9-12(22)8-13-15(14)18(16)25-26-20(13)28/h2-9,16-17,24H,1H3,(H,26,28)/t16-,17-/m1/s1. The number of imidazole rings is 1. The van der Waals surface area contributed by atoms with Gasteiger partial charge < -0.3 is 9.88 Å². The molecule has 2 aromatic heterocycles. The minimum Gasteiger partial charge on any atom is -0.376 e. The summed E-state index contributed by atoms with van der Waals surface area (Å²) in [5, 5.41) is 10.9. The molecule has 6 nitrogen and oxygen atoms in total. The third-order valence-corrected chi connectivity index (χ3v) is 5.19. The zero-order chi connectivity index (χ0) is 19.4. The predicted octanol–water partition coefficient (Wildman–Crippen LogP) is 3.23. The van der Waals surface area contributed by atoms with Crippen molar-refractivity contribution in [2.45, 2.75) is 12.0 Å². The normalized spacial score (nSPS) is 18.2. The van der Waals surface area contributed by atoms with Gasteiger partial charge >= 0.3 is 0 Å². The van der Waals surface area contributed by atoms with Crippen molar-refractivity contribution in [2.24, 2.45) is 7.05 Å². The highest BCUT2D eigenvalue weighted by atomic mass is 19.1. The van der Waals surface area contributed by atoms with Crippen LogP contribution in [-0.2, 0) is 7.05 Å². The van der Waals surface area contributed by atoms with Crippen LogP contribution in [0.4, 0.5) is 14.5 Å². The van der Waals surface area contributed by atoms with Gasteiger partial charge in [0.05, 0.1) is 23.0 Å². The van der Waals surface area contributed by atoms with E-state index in [-0.39, 0.29) is 23.2 Å². The van der Waals surface area contributed by atoms with E-state index < -0.39 is 11.4 Å². The van der Waals surface area contributed by atoms with Crippen LogP contribution in [0, 0.1) is 11.6 Å². The SMILES string of the molecule is Cn1ccnc1[C@H]1c2n[nH]c(=O)c3cc(F)cc(c23)N[C@@H]1c1ccc(F)cc1. The quantitative estimate of drug-likeness (QED) is 0.561. The summed E-state index contributed by atoms with van der Waals surface area (Å²) in [6.07, 6.45) is 3.50. The number of rotatable bonds is 2. The van der Waals surface area contributed by atoms with Crippen molar-refractivity contribution >= 4 is 16.5 Å². The van der Waals surface area contributed by atoms with Crippen molar-refractivity contribution in [3.8, 4) is 0 Å². The van der Waals surface area contributed by atoms with Gasteiger partial charge in [-0.1, -0.05) is 12.1 Å². The number of aromatic nitrogens is 4. The van der Waals surface area contributed by atoms with Gasteiger partial charge in [0, 0.05) is 30.5 Å². The Labute approximate surface area is 157 Å². The number of aryl methyl sites for hydroxylation is 1. The number of halogens is 2. The molecule has 2 aromatic carbocycles. The van der Waals surface area contributed by atoms with Crippen molar-refractivity contribution in [1.82, 2.24) is 19.7 Å². The number of anilines is 1. The number of hydrogen-bond acceptors (Lipinski definition) is 4. The minimum absolute atomic E-state index is 0.226. The molecule has 5 rings (SSSR count). The number of nitrogens with one attached hydrogen (secondary N) is 2. The van der Waals surface area contributed by atoms with E-state index in [0.29, 0.717) is 16.8 Å². The Kier molecular flexibility index (Phi) is 3.55. The smallest absolute Gasteiger partial charge is 0.272 e. The number of nitrogens with zero attached hydrogens (tertiary/aromatic N) is 3. The molecule has 0 bridgehead atoms. The fourth-order valence-corrected chi connectivity index (χ4v) is 3.93. The molecule has 0 saturated carbocycles. The summed E-state index contributed by atoms with van der Waals surface area (Å²) in [7, 11) is 1.87. The fourth-order valence-electron chi connectivity index (χ4n) is 3.93. The second-order valence-electron chi connectivity index (χ2n) is 6.86. The van der Waals surface area contributed by atoms with Crippen molar-refractivity contribution in [3.63, 3.8) is 0 Å². The van der Waals surface area contributed by atoms with Crippen LogP contribution in [0.15, 0.2) is 53.6 Å². The molecule has 0 radical (unpaired) electrons. The van der Waals surface area contributed by atoms with E-state index in [0.717, 1.165) is 11.4 Å². The molecule has 0 unspecified atom stereocenters. The Bertz CT molecular complexity index is 1260. The number of H-pyrrole nitrogens is 1.